The van der Waals surface area contributed by atoms with E-state index in [9.17, 15) is 15.0 Å². The molecule has 0 spiro atoms. The summed E-state index contributed by atoms with van der Waals surface area (Å²) in [5.74, 6) is -0.681. The van der Waals surface area contributed by atoms with Crippen LogP contribution in [0.25, 0.3) is 5.53 Å². The quantitative estimate of drug-likeness (QED) is 0.111. The van der Waals surface area contributed by atoms with Gasteiger partial charge in [0, 0.05) is 7.05 Å². The van der Waals surface area contributed by atoms with Gasteiger partial charge in [-0.3, -0.25) is 5.41 Å². The zero-order valence-corrected chi connectivity index (χ0v) is 6.67. The summed E-state index contributed by atoms with van der Waals surface area (Å²) in [6.45, 7) is 2.67. The Morgan fingerprint density at radius 3 is 2.54 bits per heavy atom. The number of guanidine groups is 1. The van der Waals surface area contributed by atoms with E-state index in [1.807, 2.05) is 0 Å². The normalized spacial score (nSPS) is 6.85. The summed E-state index contributed by atoms with van der Waals surface area (Å²) in [5, 5.41) is 18.1. The summed E-state index contributed by atoms with van der Waals surface area (Å²) < 4.78 is 0. The summed E-state index contributed by atoms with van der Waals surface area (Å²) in [5.41, 5.74) is 8.51. The van der Waals surface area contributed by atoms with Crippen LogP contribution in [0, 0.1) is 20.4 Å². The Labute approximate surface area is 72.3 Å². The van der Waals surface area contributed by atoms with Gasteiger partial charge in [-0.15, -0.1) is 4.91 Å². The Kier molecular flexibility index (Phi) is 7.91. The first kappa shape index (κ1) is 13.3. The molecule has 0 radical (unpaired) electrons. The molecule has 0 saturated carbocycles. The van der Waals surface area contributed by atoms with Crippen LogP contribution < -0.4 is 5.43 Å². The maximum atomic E-state index is 9.61. The van der Waals surface area contributed by atoms with Gasteiger partial charge in [0.15, 0.2) is 5.03 Å². The zero-order chi connectivity index (χ0) is 10.9. The van der Waals surface area contributed by atoms with Gasteiger partial charge in [-0.2, -0.15) is 9.80 Å². The molecule has 0 aliphatic carbocycles. The number of nitro groups is 1. The largest absolute Gasteiger partial charge is 0.362 e. The summed E-state index contributed by atoms with van der Waals surface area (Å²) in [6.07, 6.45) is 0. The Bertz CT molecular complexity index is 231. The van der Waals surface area contributed by atoms with E-state index >= 15 is 0 Å². The Morgan fingerprint density at radius 1 is 1.92 bits per heavy atom. The highest BCUT2D eigenvalue weighted by molar-refractivity contribution is 5.74. The molecule has 0 atom stereocenters. The molecule has 0 aromatic rings. The van der Waals surface area contributed by atoms with Crippen molar-refractivity contribution in [2.24, 2.45) is 5.29 Å². The first-order chi connectivity index (χ1) is 5.99. The third kappa shape index (κ3) is 9.65. The predicted molar refractivity (Wildman–Crippen MR) is 42.2 cm³/mol. The van der Waals surface area contributed by atoms with Crippen LogP contribution in [0.4, 0.5) is 0 Å². The number of hydrazine groups is 1. The molecule has 0 aliphatic rings. The first-order valence-corrected chi connectivity index (χ1v) is 2.66. The van der Waals surface area contributed by atoms with Crippen molar-refractivity contribution in [3.63, 3.8) is 0 Å². The molecule has 0 amide bonds. The second-order valence-corrected chi connectivity index (χ2v) is 1.46. The van der Waals surface area contributed by atoms with Crippen molar-refractivity contribution < 1.29 is 9.82 Å². The van der Waals surface area contributed by atoms with Crippen molar-refractivity contribution >= 4 is 12.7 Å². The minimum Gasteiger partial charge on any atom is -0.362 e. The number of nitrogens with one attached hydrogen (secondary N) is 2. The molecule has 0 aromatic heterocycles. The Morgan fingerprint density at radius 2 is 2.31 bits per heavy atom. The molecule has 0 bridgehead atoms. The predicted octanol–water partition coefficient (Wildman–Crippen LogP) is -0.768. The van der Waals surface area contributed by atoms with Gasteiger partial charge in [0.2, 0.25) is 6.72 Å². The average molecular weight is 189 g/mol. The molecule has 10 heteroatoms. The van der Waals surface area contributed by atoms with Crippen LogP contribution in [-0.4, -0.2) is 34.6 Å². The topological polar surface area (TPSA) is 148 Å². The van der Waals surface area contributed by atoms with Crippen LogP contribution in [0.15, 0.2) is 5.29 Å². The van der Waals surface area contributed by atoms with E-state index in [2.05, 4.69) is 16.8 Å². The molecule has 0 saturated heterocycles. The van der Waals surface area contributed by atoms with E-state index < -0.39 is 11.0 Å². The van der Waals surface area contributed by atoms with Gasteiger partial charge in [-0.05, 0) is 0 Å². The molecule has 0 heterocycles. The van der Waals surface area contributed by atoms with E-state index in [0.29, 0.717) is 5.01 Å². The fraction of sp³-hybridized carbons (Fsp3) is 0.333. The highest BCUT2D eigenvalue weighted by Gasteiger charge is 2.07. The summed E-state index contributed by atoms with van der Waals surface area (Å²) in [4.78, 5) is 21.5. The van der Waals surface area contributed by atoms with E-state index in [1.165, 1.54) is 5.43 Å². The minimum absolute atomic E-state index is 0.489. The number of rotatable bonds is 2. The lowest BCUT2D eigenvalue weighted by Gasteiger charge is -2.04. The molecule has 10 nitrogen and oxygen atoms in total. The molecular weight excluding hydrogens is 182 g/mol. The lowest BCUT2D eigenvalue weighted by molar-refractivity contribution is -0.526. The summed E-state index contributed by atoms with van der Waals surface area (Å²) in [6, 6.07) is 0. The van der Waals surface area contributed by atoms with Gasteiger partial charge < -0.3 is 5.53 Å². The maximum Gasteiger partial charge on any atom is 0.276 e. The maximum absolute atomic E-state index is 9.61. The van der Waals surface area contributed by atoms with Gasteiger partial charge >= 0.3 is 0 Å². The van der Waals surface area contributed by atoms with E-state index in [4.69, 9.17) is 10.9 Å². The zero-order valence-electron chi connectivity index (χ0n) is 6.67. The van der Waals surface area contributed by atoms with Crippen molar-refractivity contribution in [1.82, 2.24) is 10.4 Å². The van der Waals surface area contributed by atoms with Crippen molar-refractivity contribution in [2.75, 3.05) is 7.05 Å². The van der Waals surface area contributed by atoms with Gasteiger partial charge in [0.05, 0.1) is 5.29 Å². The van der Waals surface area contributed by atoms with Crippen molar-refractivity contribution in [2.45, 2.75) is 0 Å². The lowest BCUT2D eigenvalue weighted by atomic mass is 10.9. The van der Waals surface area contributed by atoms with Crippen LogP contribution in [-0.2, 0) is 0 Å². The molecule has 2 N–H and O–H groups in total. The SMILES string of the molecule is C=[N+]=[N-].CN(N=O)C(=N)N[N+](=O)[O-]. The lowest BCUT2D eigenvalue weighted by Crippen LogP contribution is -2.38. The van der Waals surface area contributed by atoms with Crippen molar-refractivity contribution in [3.8, 4) is 0 Å². The standard InChI is InChI=1S/C2H5N5O3.CH2N2/c1-6(5-8)2(3)4-7(9)10;1-3-2/h1H3,(H2,3,4);1H2. The summed E-state index contributed by atoms with van der Waals surface area (Å²) >= 11 is 0. The molecule has 72 valence electrons. The third-order valence-corrected chi connectivity index (χ3v) is 0.643. The number of nitrogens with zero attached hydrogens (tertiary/aromatic N) is 5. The Hall–Kier alpha value is -2.35. The van der Waals surface area contributed by atoms with Gasteiger partial charge in [0.1, 0.15) is 0 Å². The third-order valence-electron chi connectivity index (χ3n) is 0.643. The highest BCUT2D eigenvalue weighted by atomic mass is 16.7. The first-order valence-electron chi connectivity index (χ1n) is 2.66. The van der Waals surface area contributed by atoms with E-state index in [1.54, 1.807) is 0 Å². The Balaban J connectivity index is 0. The van der Waals surface area contributed by atoms with Gasteiger partial charge in [0.25, 0.3) is 5.96 Å². The molecular formula is C3H7N7O3. The molecule has 0 fully saturated rings. The number of nitroso groups, excluding NO2 is 1. The molecule has 0 aliphatic heterocycles. The van der Waals surface area contributed by atoms with Crippen LogP contribution in [0.3, 0.4) is 0 Å². The second kappa shape index (κ2) is 7.75. The van der Waals surface area contributed by atoms with Crippen LogP contribution in [0.5, 0.6) is 0 Å². The number of hydrogen-bond acceptors (Lipinski definition) is 5. The highest BCUT2D eigenvalue weighted by Crippen LogP contribution is 1.79. The molecule has 0 unspecified atom stereocenters. The van der Waals surface area contributed by atoms with Crippen molar-refractivity contribution in [3.05, 3.63) is 20.6 Å². The smallest absolute Gasteiger partial charge is 0.276 e. The van der Waals surface area contributed by atoms with E-state index in [-0.39, 0.29) is 0 Å². The minimum atomic E-state index is -0.954. The van der Waals surface area contributed by atoms with Crippen LogP contribution >= 0.6 is 0 Å². The van der Waals surface area contributed by atoms with E-state index in [0.717, 1.165) is 7.05 Å². The fourth-order valence-electron chi connectivity index (χ4n) is 0.200. The summed E-state index contributed by atoms with van der Waals surface area (Å²) in [7, 11) is 1.12. The monoisotopic (exact) mass is 189 g/mol. The van der Waals surface area contributed by atoms with Gasteiger partial charge in [-0.1, -0.05) is 5.43 Å². The second-order valence-electron chi connectivity index (χ2n) is 1.46. The fourth-order valence-corrected chi connectivity index (χ4v) is 0.200. The average Bonchev–Trinajstić information content (AvgIpc) is 2.03. The molecule has 0 rings (SSSR count). The molecule has 13 heavy (non-hydrogen) atoms. The van der Waals surface area contributed by atoms with Gasteiger partial charge in [-0.25, -0.2) is 10.1 Å². The van der Waals surface area contributed by atoms with Crippen LogP contribution in [0.1, 0.15) is 0 Å². The van der Waals surface area contributed by atoms with Crippen LogP contribution in [0.2, 0.25) is 0 Å². The van der Waals surface area contributed by atoms with Crippen molar-refractivity contribution in [1.29, 1.82) is 5.41 Å². The number of hydrogen-bond donors (Lipinski definition) is 2. The molecule has 0 aromatic carbocycles.